The van der Waals surface area contributed by atoms with Gasteiger partial charge in [0, 0.05) is 6.20 Å². The number of hydrogen-bond donors (Lipinski definition) is 0. The van der Waals surface area contributed by atoms with Crippen molar-refractivity contribution in [2.24, 2.45) is 0 Å². The Morgan fingerprint density at radius 1 is 1.73 bits per heavy atom. The van der Waals surface area contributed by atoms with Gasteiger partial charge in [0.05, 0.1) is 12.5 Å². The molecule has 11 heavy (non-hydrogen) atoms. The zero-order chi connectivity index (χ0) is 8.27. The molecule has 0 aliphatic rings. The molecule has 0 N–H and O–H groups in total. The first-order chi connectivity index (χ1) is 5.24. The second kappa shape index (κ2) is 3.62. The van der Waals surface area contributed by atoms with Crippen molar-refractivity contribution in [3.63, 3.8) is 0 Å². The van der Waals surface area contributed by atoms with E-state index in [1.807, 2.05) is 6.07 Å². The molecule has 4 heteroatoms. The summed E-state index contributed by atoms with van der Waals surface area (Å²) in [6.45, 7) is 0. The van der Waals surface area contributed by atoms with E-state index in [1.165, 1.54) is 12.3 Å². The van der Waals surface area contributed by atoms with Gasteiger partial charge in [-0.3, -0.25) is 0 Å². The van der Waals surface area contributed by atoms with Crippen LogP contribution in [0.25, 0.3) is 0 Å². The van der Waals surface area contributed by atoms with Gasteiger partial charge in [-0.2, -0.15) is 5.26 Å². The number of rotatable bonds is 1. The van der Waals surface area contributed by atoms with E-state index < -0.39 is 0 Å². The van der Waals surface area contributed by atoms with Gasteiger partial charge in [-0.15, -0.1) is 0 Å². The van der Waals surface area contributed by atoms with Crippen LogP contribution in [-0.2, 0) is 6.42 Å². The lowest BCUT2D eigenvalue weighted by Crippen LogP contribution is -1.90. The van der Waals surface area contributed by atoms with E-state index in [2.05, 4.69) is 4.98 Å². The van der Waals surface area contributed by atoms with E-state index in [-0.39, 0.29) is 12.2 Å². The molecule has 0 unspecified atom stereocenters. The number of nitriles is 1. The Balaban J connectivity index is 2.98. The molecule has 0 fully saturated rings. The number of hydrogen-bond acceptors (Lipinski definition) is 2. The maximum atomic E-state index is 12.7. The number of pyridine rings is 1. The SMILES string of the molecule is N#CCc1cnc(I)c(F)c1. The highest BCUT2D eigenvalue weighted by atomic mass is 127. The lowest BCUT2D eigenvalue weighted by atomic mass is 10.2. The van der Waals surface area contributed by atoms with Crippen molar-refractivity contribution >= 4 is 22.6 Å². The Morgan fingerprint density at radius 2 is 2.45 bits per heavy atom. The summed E-state index contributed by atoms with van der Waals surface area (Å²) in [5.41, 5.74) is 0.616. The van der Waals surface area contributed by atoms with Crippen LogP contribution in [0.2, 0.25) is 0 Å². The monoisotopic (exact) mass is 262 g/mol. The molecule has 0 aromatic carbocycles. The summed E-state index contributed by atoms with van der Waals surface area (Å²) in [6, 6.07) is 3.25. The van der Waals surface area contributed by atoms with E-state index in [0.29, 0.717) is 9.26 Å². The van der Waals surface area contributed by atoms with Gasteiger partial charge in [-0.05, 0) is 34.2 Å². The van der Waals surface area contributed by atoms with Crippen molar-refractivity contribution in [2.75, 3.05) is 0 Å². The lowest BCUT2D eigenvalue weighted by molar-refractivity contribution is 0.610. The van der Waals surface area contributed by atoms with Crippen LogP contribution in [0.15, 0.2) is 12.3 Å². The quantitative estimate of drug-likeness (QED) is 0.572. The third kappa shape index (κ3) is 2.12. The Labute approximate surface area is 77.2 Å². The number of halogens is 2. The van der Waals surface area contributed by atoms with Crippen molar-refractivity contribution in [1.29, 1.82) is 5.26 Å². The summed E-state index contributed by atoms with van der Waals surface area (Å²) < 4.78 is 13.1. The number of nitrogens with zero attached hydrogens (tertiary/aromatic N) is 2. The summed E-state index contributed by atoms with van der Waals surface area (Å²) in [4.78, 5) is 3.76. The molecule has 0 amide bonds. The molecule has 0 saturated heterocycles. The standard InChI is InChI=1S/C7H4FIN2/c8-6-3-5(1-2-10)4-11-7(6)9/h3-4H,1H2. The summed E-state index contributed by atoms with van der Waals surface area (Å²) >= 11 is 1.80. The smallest absolute Gasteiger partial charge is 0.155 e. The van der Waals surface area contributed by atoms with Gasteiger partial charge in [0.2, 0.25) is 0 Å². The van der Waals surface area contributed by atoms with Crippen molar-refractivity contribution in [1.82, 2.24) is 4.98 Å². The van der Waals surface area contributed by atoms with Gasteiger partial charge < -0.3 is 0 Å². The van der Waals surface area contributed by atoms with Crippen LogP contribution < -0.4 is 0 Å². The van der Waals surface area contributed by atoms with Gasteiger partial charge in [-0.25, -0.2) is 9.37 Å². The topological polar surface area (TPSA) is 36.7 Å². The second-order valence-electron chi connectivity index (χ2n) is 1.95. The average Bonchev–Trinajstić information content (AvgIpc) is 1.98. The fourth-order valence-corrected chi connectivity index (χ4v) is 0.944. The maximum Gasteiger partial charge on any atom is 0.155 e. The molecule has 0 aliphatic carbocycles. The van der Waals surface area contributed by atoms with Crippen molar-refractivity contribution < 1.29 is 4.39 Å². The molecule has 0 aliphatic heterocycles. The van der Waals surface area contributed by atoms with Crippen molar-refractivity contribution in [2.45, 2.75) is 6.42 Å². The second-order valence-corrected chi connectivity index (χ2v) is 2.97. The highest BCUT2D eigenvalue weighted by Gasteiger charge is 2.00. The molecule has 0 saturated carbocycles. The zero-order valence-corrected chi connectivity index (χ0v) is 7.67. The molecule has 1 aromatic heterocycles. The Bertz CT molecular complexity index is 306. The number of aromatic nitrogens is 1. The van der Waals surface area contributed by atoms with E-state index in [1.54, 1.807) is 22.6 Å². The molecule has 1 rings (SSSR count). The fraction of sp³-hybridized carbons (Fsp3) is 0.143. The molecule has 0 spiro atoms. The van der Waals surface area contributed by atoms with E-state index >= 15 is 0 Å². The molecule has 0 radical (unpaired) electrons. The van der Waals surface area contributed by atoms with Crippen LogP contribution >= 0.6 is 22.6 Å². The van der Waals surface area contributed by atoms with E-state index in [0.717, 1.165) is 0 Å². The third-order valence-corrected chi connectivity index (χ3v) is 1.93. The minimum absolute atomic E-state index is 0.209. The van der Waals surface area contributed by atoms with Gasteiger partial charge >= 0.3 is 0 Å². The van der Waals surface area contributed by atoms with E-state index in [4.69, 9.17) is 5.26 Å². The first-order valence-electron chi connectivity index (χ1n) is 2.91. The zero-order valence-electron chi connectivity index (χ0n) is 5.51. The van der Waals surface area contributed by atoms with Crippen molar-refractivity contribution in [3.8, 4) is 6.07 Å². The first-order valence-corrected chi connectivity index (χ1v) is 3.99. The highest BCUT2D eigenvalue weighted by molar-refractivity contribution is 14.1. The highest BCUT2D eigenvalue weighted by Crippen LogP contribution is 2.09. The normalized spacial score (nSPS) is 9.18. The van der Waals surface area contributed by atoms with Gasteiger partial charge in [0.1, 0.15) is 3.70 Å². The van der Waals surface area contributed by atoms with Crippen LogP contribution in [0.4, 0.5) is 4.39 Å². The van der Waals surface area contributed by atoms with Crippen molar-refractivity contribution in [3.05, 3.63) is 27.3 Å². The van der Waals surface area contributed by atoms with Crippen LogP contribution in [-0.4, -0.2) is 4.98 Å². The predicted octanol–water partition coefficient (Wildman–Crippen LogP) is 1.89. The minimum Gasteiger partial charge on any atom is -0.247 e. The summed E-state index contributed by atoms with van der Waals surface area (Å²) in [5, 5.41) is 8.28. The van der Waals surface area contributed by atoms with Gasteiger partial charge in [0.25, 0.3) is 0 Å². The third-order valence-electron chi connectivity index (χ3n) is 1.14. The summed E-state index contributed by atoms with van der Waals surface area (Å²) in [6.07, 6.45) is 1.72. The Kier molecular flexibility index (Phi) is 2.76. The first kappa shape index (κ1) is 8.40. The van der Waals surface area contributed by atoms with E-state index in [9.17, 15) is 4.39 Å². The molecular weight excluding hydrogens is 258 g/mol. The molecule has 0 atom stereocenters. The maximum absolute atomic E-state index is 12.7. The molecule has 2 nitrogen and oxygen atoms in total. The van der Waals surface area contributed by atoms with Crippen LogP contribution in [0.3, 0.4) is 0 Å². The molecule has 1 heterocycles. The average molecular weight is 262 g/mol. The van der Waals surface area contributed by atoms with Crippen LogP contribution in [0.1, 0.15) is 5.56 Å². The molecule has 1 aromatic rings. The fourth-order valence-electron chi connectivity index (χ4n) is 0.649. The lowest BCUT2D eigenvalue weighted by Gasteiger charge is -1.94. The molecular formula is C7H4FIN2. The Morgan fingerprint density at radius 3 is 3.00 bits per heavy atom. The minimum atomic E-state index is -0.363. The Hall–Kier alpha value is -0.700. The van der Waals surface area contributed by atoms with Crippen LogP contribution in [0.5, 0.6) is 0 Å². The van der Waals surface area contributed by atoms with Gasteiger partial charge in [-0.1, -0.05) is 0 Å². The van der Waals surface area contributed by atoms with Crippen LogP contribution in [0, 0.1) is 20.8 Å². The van der Waals surface area contributed by atoms with Gasteiger partial charge in [0.15, 0.2) is 5.82 Å². The summed E-state index contributed by atoms with van der Waals surface area (Å²) in [5.74, 6) is -0.363. The summed E-state index contributed by atoms with van der Waals surface area (Å²) in [7, 11) is 0. The molecule has 56 valence electrons. The molecule has 0 bridgehead atoms. The largest absolute Gasteiger partial charge is 0.247 e. The predicted molar refractivity (Wildman–Crippen MR) is 46.2 cm³/mol.